The Hall–Kier alpha value is -2.37. The monoisotopic (exact) mass is 296 g/mol. The van der Waals surface area contributed by atoms with Gasteiger partial charge in [0, 0.05) is 12.2 Å². The Morgan fingerprint density at radius 1 is 1.14 bits per heavy atom. The normalized spacial score (nSPS) is 11.2. The molecule has 112 valence electrons. The number of rotatable bonds is 4. The number of nitrogens with one attached hydrogen (secondary N) is 1. The molecule has 3 nitrogen and oxygen atoms in total. The van der Waals surface area contributed by atoms with Gasteiger partial charge in [0.25, 0.3) is 0 Å². The van der Waals surface area contributed by atoms with Gasteiger partial charge >= 0.3 is 6.18 Å². The smallest absolute Gasteiger partial charge is 0.418 e. The Bertz CT molecular complexity index is 627. The Morgan fingerprint density at radius 3 is 2.48 bits per heavy atom. The molecule has 0 saturated heterocycles. The van der Waals surface area contributed by atoms with Crippen molar-refractivity contribution < 1.29 is 17.9 Å². The van der Waals surface area contributed by atoms with E-state index in [2.05, 4.69) is 5.32 Å². The SMILES string of the molecule is COc1ccc(CNc2ccccc2C(F)(F)F)cc1N. The standard InChI is InChI=1S/C15H15F3N2O/c1-21-14-7-6-10(8-12(14)19)9-20-13-5-3-2-4-11(13)15(16,17)18/h2-8,20H,9,19H2,1H3. The highest BCUT2D eigenvalue weighted by Gasteiger charge is 2.32. The van der Waals surface area contributed by atoms with Crippen LogP contribution in [0.2, 0.25) is 0 Å². The van der Waals surface area contributed by atoms with Crippen molar-refractivity contribution in [2.45, 2.75) is 12.7 Å². The maximum Gasteiger partial charge on any atom is 0.418 e. The van der Waals surface area contributed by atoms with E-state index in [1.807, 2.05) is 0 Å². The Kier molecular flexibility index (Phi) is 4.26. The molecule has 21 heavy (non-hydrogen) atoms. The molecular weight excluding hydrogens is 281 g/mol. The zero-order valence-corrected chi connectivity index (χ0v) is 11.4. The number of benzene rings is 2. The van der Waals surface area contributed by atoms with Crippen molar-refractivity contribution in [3.63, 3.8) is 0 Å². The van der Waals surface area contributed by atoms with Crippen molar-refractivity contribution in [3.05, 3.63) is 53.6 Å². The second-order valence-electron chi connectivity index (χ2n) is 4.47. The Balaban J connectivity index is 2.15. The van der Waals surface area contributed by atoms with E-state index in [0.29, 0.717) is 11.4 Å². The molecule has 0 fully saturated rings. The first-order valence-electron chi connectivity index (χ1n) is 6.24. The van der Waals surface area contributed by atoms with E-state index in [-0.39, 0.29) is 12.2 Å². The largest absolute Gasteiger partial charge is 0.495 e. The van der Waals surface area contributed by atoms with Gasteiger partial charge in [-0.3, -0.25) is 0 Å². The van der Waals surface area contributed by atoms with Crippen LogP contribution < -0.4 is 15.8 Å². The van der Waals surface area contributed by atoms with Crippen molar-refractivity contribution in [1.82, 2.24) is 0 Å². The van der Waals surface area contributed by atoms with E-state index >= 15 is 0 Å². The number of methoxy groups -OCH3 is 1. The van der Waals surface area contributed by atoms with Gasteiger partial charge in [-0.1, -0.05) is 18.2 Å². The van der Waals surface area contributed by atoms with Gasteiger partial charge < -0.3 is 15.8 Å². The number of alkyl halides is 3. The van der Waals surface area contributed by atoms with Crippen molar-refractivity contribution in [2.75, 3.05) is 18.2 Å². The van der Waals surface area contributed by atoms with Crippen LogP contribution in [0.3, 0.4) is 0 Å². The van der Waals surface area contributed by atoms with Gasteiger partial charge in [0.05, 0.1) is 18.4 Å². The molecule has 0 aliphatic heterocycles. The number of para-hydroxylation sites is 1. The van der Waals surface area contributed by atoms with Crippen LogP contribution in [-0.2, 0) is 12.7 Å². The second-order valence-corrected chi connectivity index (χ2v) is 4.47. The Morgan fingerprint density at radius 2 is 1.86 bits per heavy atom. The third-order valence-corrected chi connectivity index (χ3v) is 3.01. The zero-order valence-electron chi connectivity index (χ0n) is 11.4. The summed E-state index contributed by atoms with van der Waals surface area (Å²) in [6.07, 6.45) is -4.39. The highest BCUT2D eigenvalue weighted by atomic mass is 19.4. The summed E-state index contributed by atoms with van der Waals surface area (Å²) >= 11 is 0. The molecule has 2 aromatic carbocycles. The van der Waals surface area contributed by atoms with E-state index in [0.717, 1.165) is 11.6 Å². The minimum absolute atomic E-state index is 0.0411. The number of anilines is 2. The molecule has 0 heterocycles. The van der Waals surface area contributed by atoms with Crippen LogP contribution >= 0.6 is 0 Å². The third-order valence-electron chi connectivity index (χ3n) is 3.01. The maximum atomic E-state index is 12.9. The summed E-state index contributed by atoms with van der Waals surface area (Å²) in [5, 5.41) is 2.78. The number of halogens is 3. The summed E-state index contributed by atoms with van der Waals surface area (Å²) < 4.78 is 43.6. The quantitative estimate of drug-likeness (QED) is 0.841. The molecule has 0 bridgehead atoms. The van der Waals surface area contributed by atoms with Crippen molar-refractivity contribution in [1.29, 1.82) is 0 Å². The van der Waals surface area contributed by atoms with Crippen LogP contribution in [0.1, 0.15) is 11.1 Å². The summed E-state index contributed by atoms with van der Waals surface area (Å²) in [5.74, 6) is 0.537. The van der Waals surface area contributed by atoms with E-state index in [9.17, 15) is 13.2 Å². The number of hydrogen-bond donors (Lipinski definition) is 2. The molecule has 0 atom stereocenters. The summed E-state index contributed by atoms with van der Waals surface area (Å²) in [7, 11) is 1.50. The molecule has 0 aromatic heterocycles. The summed E-state index contributed by atoms with van der Waals surface area (Å²) in [6, 6.07) is 10.5. The molecule has 0 radical (unpaired) electrons. The lowest BCUT2D eigenvalue weighted by molar-refractivity contribution is -0.136. The van der Waals surface area contributed by atoms with E-state index in [1.54, 1.807) is 24.3 Å². The predicted octanol–water partition coefficient (Wildman–Crippen LogP) is 3.91. The molecule has 3 N–H and O–H groups in total. The van der Waals surface area contributed by atoms with Gasteiger partial charge in [0.15, 0.2) is 0 Å². The van der Waals surface area contributed by atoms with Crippen molar-refractivity contribution >= 4 is 11.4 Å². The van der Waals surface area contributed by atoms with E-state index in [1.165, 1.54) is 19.2 Å². The summed E-state index contributed by atoms with van der Waals surface area (Å²) in [4.78, 5) is 0. The fraction of sp³-hybridized carbons (Fsp3) is 0.200. The van der Waals surface area contributed by atoms with Gasteiger partial charge in [-0.2, -0.15) is 13.2 Å². The first-order chi connectivity index (χ1) is 9.91. The molecule has 0 saturated carbocycles. The molecule has 0 aliphatic rings. The number of nitrogen functional groups attached to an aromatic ring is 1. The molecular formula is C15H15F3N2O. The lowest BCUT2D eigenvalue weighted by Gasteiger charge is -2.15. The fourth-order valence-electron chi connectivity index (χ4n) is 1.98. The van der Waals surface area contributed by atoms with E-state index in [4.69, 9.17) is 10.5 Å². The van der Waals surface area contributed by atoms with Crippen molar-refractivity contribution in [3.8, 4) is 5.75 Å². The van der Waals surface area contributed by atoms with Gasteiger partial charge in [0.1, 0.15) is 5.75 Å². The topological polar surface area (TPSA) is 47.3 Å². The van der Waals surface area contributed by atoms with Gasteiger partial charge in [0.2, 0.25) is 0 Å². The lowest BCUT2D eigenvalue weighted by Crippen LogP contribution is -2.10. The van der Waals surface area contributed by atoms with Crippen LogP contribution in [-0.4, -0.2) is 7.11 Å². The van der Waals surface area contributed by atoms with Gasteiger partial charge in [-0.15, -0.1) is 0 Å². The zero-order chi connectivity index (χ0) is 15.5. The summed E-state index contributed by atoms with van der Waals surface area (Å²) in [6.45, 7) is 0.237. The lowest BCUT2D eigenvalue weighted by atomic mass is 10.1. The minimum Gasteiger partial charge on any atom is -0.495 e. The summed E-state index contributed by atoms with van der Waals surface area (Å²) in [5.41, 5.74) is 6.33. The first-order valence-corrected chi connectivity index (χ1v) is 6.24. The second kappa shape index (κ2) is 5.95. The highest BCUT2D eigenvalue weighted by Crippen LogP contribution is 2.34. The average molecular weight is 296 g/mol. The fourth-order valence-corrected chi connectivity index (χ4v) is 1.98. The molecule has 2 rings (SSSR count). The number of hydrogen-bond acceptors (Lipinski definition) is 3. The van der Waals surface area contributed by atoms with Crippen LogP contribution in [0.25, 0.3) is 0 Å². The molecule has 2 aromatic rings. The highest BCUT2D eigenvalue weighted by molar-refractivity contribution is 5.56. The van der Waals surface area contributed by atoms with Crippen LogP contribution in [0, 0.1) is 0 Å². The predicted molar refractivity (Wildman–Crippen MR) is 76.2 cm³/mol. The van der Waals surface area contributed by atoms with Crippen LogP contribution in [0.15, 0.2) is 42.5 Å². The molecule has 0 amide bonds. The molecule has 6 heteroatoms. The molecule has 0 aliphatic carbocycles. The molecule has 0 spiro atoms. The van der Waals surface area contributed by atoms with E-state index < -0.39 is 11.7 Å². The van der Waals surface area contributed by atoms with Crippen LogP contribution in [0.5, 0.6) is 5.75 Å². The first kappa shape index (κ1) is 15.0. The van der Waals surface area contributed by atoms with Gasteiger partial charge in [-0.25, -0.2) is 0 Å². The van der Waals surface area contributed by atoms with Gasteiger partial charge in [-0.05, 0) is 29.8 Å². The Labute approximate surface area is 120 Å². The average Bonchev–Trinajstić information content (AvgIpc) is 2.44. The number of ether oxygens (including phenoxy) is 1. The minimum atomic E-state index is -4.39. The molecule has 0 unspecified atom stereocenters. The van der Waals surface area contributed by atoms with Crippen LogP contribution in [0.4, 0.5) is 24.5 Å². The third kappa shape index (κ3) is 3.59. The number of nitrogens with two attached hydrogens (primary N) is 1. The maximum absolute atomic E-state index is 12.9. The van der Waals surface area contributed by atoms with Crippen molar-refractivity contribution in [2.24, 2.45) is 0 Å².